The van der Waals surface area contributed by atoms with Gasteiger partial charge in [0.25, 0.3) is 5.91 Å². The molecule has 1 atom stereocenters. The predicted octanol–water partition coefficient (Wildman–Crippen LogP) is 4.70. The fraction of sp³-hybridized carbons (Fsp3) is 0.364. The zero-order valence-corrected chi connectivity index (χ0v) is 15.9. The van der Waals surface area contributed by atoms with Gasteiger partial charge in [-0.15, -0.1) is 0 Å². The lowest BCUT2D eigenvalue weighted by atomic mass is 10.0. The summed E-state index contributed by atoms with van der Waals surface area (Å²) in [6.45, 7) is 8.76. The number of nitriles is 1. The highest BCUT2D eigenvalue weighted by molar-refractivity contribution is 6.04. The molecular formula is C22H26N2O2. The van der Waals surface area contributed by atoms with Crippen LogP contribution in [-0.4, -0.2) is 18.6 Å². The molecule has 0 aromatic heterocycles. The van der Waals surface area contributed by atoms with Crippen molar-refractivity contribution in [1.29, 1.82) is 5.26 Å². The van der Waals surface area contributed by atoms with E-state index in [-0.39, 0.29) is 17.5 Å². The fourth-order valence-corrected chi connectivity index (χ4v) is 2.51. The van der Waals surface area contributed by atoms with E-state index in [0.717, 1.165) is 28.5 Å². The van der Waals surface area contributed by atoms with Crippen molar-refractivity contribution in [3.63, 3.8) is 0 Å². The lowest BCUT2D eigenvalue weighted by molar-refractivity contribution is -0.117. The van der Waals surface area contributed by atoms with Crippen molar-refractivity contribution in [3.8, 4) is 11.8 Å². The number of ether oxygens (including phenoxy) is 1. The van der Waals surface area contributed by atoms with Gasteiger partial charge in [0.15, 0.2) is 0 Å². The monoisotopic (exact) mass is 350 g/mol. The smallest absolute Gasteiger partial charge is 0.262 e. The van der Waals surface area contributed by atoms with Gasteiger partial charge in [-0.05, 0) is 42.4 Å². The molecule has 26 heavy (non-hydrogen) atoms. The van der Waals surface area contributed by atoms with Gasteiger partial charge in [0.1, 0.15) is 17.4 Å². The van der Waals surface area contributed by atoms with E-state index < -0.39 is 0 Å². The number of benzene rings is 2. The first-order chi connectivity index (χ1) is 12.5. The summed E-state index contributed by atoms with van der Waals surface area (Å²) in [5.41, 5.74) is 0.930. The molecule has 0 heterocycles. The van der Waals surface area contributed by atoms with Crippen LogP contribution in [0, 0.1) is 17.2 Å². The number of rotatable bonds is 7. The number of nitrogens with zero attached hydrogens (tertiary/aromatic N) is 1. The average Bonchev–Trinajstić information content (AvgIpc) is 2.64. The number of carbonyl (C=O) groups is 1. The Morgan fingerprint density at radius 1 is 1.19 bits per heavy atom. The molecule has 0 aliphatic rings. The van der Waals surface area contributed by atoms with Crippen molar-refractivity contribution in [3.05, 3.63) is 47.5 Å². The second-order valence-corrected chi connectivity index (χ2v) is 6.86. The number of hydrogen-bond donors (Lipinski definition) is 1. The zero-order valence-electron chi connectivity index (χ0n) is 15.9. The van der Waals surface area contributed by atoms with Crippen LogP contribution in [-0.2, 0) is 4.79 Å². The van der Waals surface area contributed by atoms with Crippen LogP contribution in [0.25, 0.3) is 16.8 Å². The van der Waals surface area contributed by atoms with Crippen molar-refractivity contribution in [2.45, 2.75) is 40.2 Å². The first kappa shape index (κ1) is 19.5. The fourth-order valence-electron chi connectivity index (χ4n) is 2.51. The summed E-state index contributed by atoms with van der Waals surface area (Å²) in [7, 11) is 0. The molecule has 4 nitrogen and oxygen atoms in total. The van der Waals surface area contributed by atoms with Crippen LogP contribution in [0.1, 0.15) is 39.7 Å². The Bertz CT molecular complexity index is 847. The van der Waals surface area contributed by atoms with Crippen molar-refractivity contribution < 1.29 is 9.53 Å². The number of nitrogens with one attached hydrogen (secondary N) is 1. The van der Waals surface area contributed by atoms with Crippen LogP contribution in [0.5, 0.6) is 5.75 Å². The van der Waals surface area contributed by atoms with Crippen molar-refractivity contribution in [1.82, 2.24) is 5.32 Å². The highest BCUT2D eigenvalue weighted by Gasteiger charge is 2.13. The molecule has 0 fully saturated rings. The Kier molecular flexibility index (Phi) is 6.80. The number of carbonyl (C=O) groups excluding carboxylic acids is 1. The van der Waals surface area contributed by atoms with E-state index >= 15 is 0 Å². The van der Waals surface area contributed by atoms with Gasteiger partial charge in [0.2, 0.25) is 0 Å². The minimum Gasteiger partial charge on any atom is -0.493 e. The van der Waals surface area contributed by atoms with Crippen molar-refractivity contribution in [2.24, 2.45) is 5.92 Å². The van der Waals surface area contributed by atoms with Crippen LogP contribution in [0.3, 0.4) is 0 Å². The average molecular weight is 350 g/mol. The van der Waals surface area contributed by atoms with E-state index in [1.54, 1.807) is 6.08 Å². The van der Waals surface area contributed by atoms with Gasteiger partial charge in [0.05, 0.1) is 6.61 Å². The molecule has 136 valence electrons. The summed E-state index contributed by atoms with van der Waals surface area (Å²) < 4.78 is 5.92. The van der Waals surface area contributed by atoms with E-state index in [1.807, 2.05) is 56.3 Å². The normalized spacial score (nSPS) is 12.7. The molecule has 1 amide bonds. The minimum absolute atomic E-state index is 0.0304. The quantitative estimate of drug-likeness (QED) is 0.582. The summed E-state index contributed by atoms with van der Waals surface area (Å²) in [5, 5.41) is 14.2. The first-order valence-electron chi connectivity index (χ1n) is 9.03. The van der Waals surface area contributed by atoms with E-state index in [2.05, 4.69) is 19.2 Å². The standard InChI is InChI=1S/C22H26N2O2/c1-5-16(4)24-22(25)18(13-23)12-17-10-11-21(26-14-15(2)3)20-9-7-6-8-19(17)20/h6-12,15-16H,5,14H2,1-4H3,(H,24,25)/b18-12+/t16-/m0/s1. The third-order valence-electron chi connectivity index (χ3n) is 4.14. The van der Waals surface area contributed by atoms with Gasteiger partial charge in [-0.25, -0.2) is 0 Å². The van der Waals surface area contributed by atoms with Gasteiger partial charge < -0.3 is 10.1 Å². The lowest BCUT2D eigenvalue weighted by Crippen LogP contribution is -2.32. The third-order valence-corrected chi connectivity index (χ3v) is 4.14. The van der Waals surface area contributed by atoms with Crippen molar-refractivity contribution >= 4 is 22.8 Å². The molecule has 0 aliphatic carbocycles. The molecule has 0 unspecified atom stereocenters. The number of hydrogen-bond acceptors (Lipinski definition) is 3. The summed E-state index contributed by atoms with van der Waals surface area (Å²) in [4.78, 5) is 12.3. The minimum atomic E-state index is -0.342. The van der Waals surface area contributed by atoms with Crippen LogP contribution in [0.2, 0.25) is 0 Å². The number of fused-ring (bicyclic) bond motifs is 1. The van der Waals surface area contributed by atoms with Crippen LogP contribution in [0.4, 0.5) is 0 Å². The van der Waals surface area contributed by atoms with Gasteiger partial charge in [-0.1, -0.05) is 51.1 Å². The van der Waals surface area contributed by atoms with Gasteiger partial charge in [0, 0.05) is 11.4 Å². The molecule has 0 spiro atoms. The van der Waals surface area contributed by atoms with E-state index in [1.165, 1.54) is 0 Å². The molecule has 4 heteroatoms. The molecule has 0 aliphatic heterocycles. The molecule has 0 radical (unpaired) electrons. The SMILES string of the molecule is CC[C@H](C)NC(=O)/C(C#N)=C/c1ccc(OCC(C)C)c2ccccc12. The largest absolute Gasteiger partial charge is 0.493 e. The molecule has 2 aromatic carbocycles. The summed E-state index contributed by atoms with van der Waals surface area (Å²) in [6.07, 6.45) is 2.46. The maximum atomic E-state index is 12.3. The molecular weight excluding hydrogens is 324 g/mol. The van der Waals surface area contributed by atoms with E-state index in [0.29, 0.717) is 12.5 Å². The molecule has 0 saturated heterocycles. The molecule has 2 rings (SSSR count). The summed E-state index contributed by atoms with van der Waals surface area (Å²) in [6, 6.07) is 13.7. The first-order valence-corrected chi connectivity index (χ1v) is 9.03. The molecule has 1 N–H and O–H groups in total. The Balaban J connectivity index is 2.42. The highest BCUT2D eigenvalue weighted by atomic mass is 16.5. The molecule has 0 bridgehead atoms. The van der Waals surface area contributed by atoms with Crippen LogP contribution in [0.15, 0.2) is 42.0 Å². The topological polar surface area (TPSA) is 62.1 Å². The van der Waals surface area contributed by atoms with Gasteiger partial charge in [-0.3, -0.25) is 4.79 Å². The predicted molar refractivity (Wildman–Crippen MR) is 106 cm³/mol. The Hall–Kier alpha value is -2.80. The van der Waals surface area contributed by atoms with Crippen LogP contribution >= 0.6 is 0 Å². The van der Waals surface area contributed by atoms with E-state index in [9.17, 15) is 10.1 Å². The third kappa shape index (κ3) is 4.86. The Morgan fingerprint density at radius 3 is 2.50 bits per heavy atom. The summed E-state index contributed by atoms with van der Waals surface area (Å²) in [5.74, 6) is 0.905. The van der Waals surface area contributed by atoms with Crippen LogP contribution < -0.4 is 10.1 Å². The lowest BCUT2D eigenvalue weighted by Gasteiger charge is -2.13. The van der Waals surface area contributed by atoms with E-state index in [4.69, 9.17) is 4.74 Å². The zero-order chi connectivity index (χ0) is 19.1. The second-order valence-electron chi connectivity index (χ2n) is 6.86. The Morgan fingerprint density at radius 2 is 1.88 bits per heavy atom. The number of amides is 1. The van der Waals surface area contributed by atoms with Gasteiger partial charge >= 0.3 is 0 Å². The molecule has 0 saturated carbocycles. The maximum Gasteiger partial charge on any atom is 0.262 e. The second kappa shape index (κ2) is 9.05. The summed E-state index contributed by atoms with van der Waals surface area (Å²) >= 11 is 0. The maximum absolute atomic E-state index is 12.3. The Labute approximate surface area is 155 Å². The van der Waals surface area contributed by atoms with Gasteiger partial charge in [-0.2, -0.15) is 5.26 Å². The molecule has 2 aromatic rings. The highest BCUT2D eigenvalue weighted by Crippen LogP contribution is 2.30. The van der Waals surface area contributed by atoms with Crippen molar-refractivity contribution in [2.75, 3.05) is 6.61 Å².